The van der Waals surface area contributed by atoms with Crippen molar-refractivity contribution in [3.63, 3.8) is 0 Å². The van der Waals surface area contributed by atoms with Crippen LogP contribution in [0.3, 0.4) is 0 Å². The Labute approximate surface area is 82.5 Å². The number of halogens is 3. The van der Waals surface area contributed by atoms with Gasteiger partial charge in [0.05, 0.1) is 3.57 Å². The molecule has 1 aromatic rings. The highest BCUT2D eigenvalue weighted by molar-refractivity contribution is 14.1. The topological polar surface area (TPSA) is 24.9 Å². The largest absolute Gasteiger partial charge is 0.372 e. The van der Waals surface area contributed by atoms with Gasteiger partial charge in [0, 0.05) is 12.6 Å². The number of aromatic nitrogens is 1. The van der Waals surface area contributed by atoms with Crippen LogP contribution in [-0.4, -0.2) is 12.0 Å². The summed E-state index contributed by atoms with van der Waals surface area (Å²) in [5, 5.41) is 2.68. The molecular weight excluding hydrogens is 277 g/mol. The molecule has 12 heavy (non-hydrogen) atoms. The summed E-state index contributed by atoms with van der Waals surface area (Å²) in [5.41, 5.74) is 0.285. The van der Waals surface area contributed by atoms with E-state index in [9.17, 15) is 8.78 Å². The molecule has 66 valence electrons. The van der Waals surface area contributed by atoms with E-state index in [-0.39, 0.29) is 5.56 Å². The van der Waals surface area contributed by atoms with Gasteiger partial charge in [-0.15, -0.1) is 0 Å². The van der Waals surface area contributed by atoms with Gasteiger partial charge in [-0.2, -0.15) is 9.37 Å². The SMILES string of the molecule is CNc1nc(F)c(F)c(C)c1I. The fourth-order valence-corrected chi connectivity index (χ4v) is 1.42. The molecule has 1 rings (SSSR count). The van der Waals surface area contributed by atoms with E-state index < -0.39 is 11.8 Å². The Morgan fingerprint density at radius 1 is 1.42 bits per heavy atom. The number of nitrogens with zero attached hydrogens (tertiary/aromatic N) is 1. The lowest BCUT2D eigenvalue weighted by Gasteiger charge is -2.06. The Morgan fingerprint density at radius 3 is 2.50 bits per heavy atom. The van der Waals surface area contributed by atoms with Gasteiger partial charge >= 0.3 is 0 Å². The first-order valence-electron chi connectivity index (χ1n) is 3.26. The normalized spacial score (nSPS) is 10.1. The fourth-order valence-electron chi connectivity index (χ4n) is 0.791. The zero-order valence-corrected chi connectivity index (χ0v) is 8.74. The van der Waals surface area contributed by atoms with E-state index in [1.54, 1.807) is 7.05 Å². The van der Waals surface area contributed by atoms with Crippen LogP contribution in [0.15, 0.2) is 0 Å². The maximum atomic E-state index is 12.8. The highest BCUT2D eigenvalue weighted by Gasteiger charge is 2.13. The van der Waals surface area contributed by atoms with Gasteiger partial charge in [0.15, 0.2) is 5.82 Å². The summed E-state index contributed by atoms with van der Waals surface area (Å²) in [4.78, 5) is 3.39. The summed E-state index contributed by atoms with van der Waals surface area (Å²) in [6, 6.07) is 0. The first kappa shape index (κ1) is 9.63. The quantitative estimate of drug-likeness (QED) is 0.632. The summed E-state index contributed by atoms with van der Waals surface area (Å²) in [6.07, 6.45) is 0. The number of hydrogen-bond donors (Lipinski definition) is 1. The molecule has 0 aliphatic rings. The molecule has 0 aromatic carbocycles. The Bertz CT molecular complexity index is 315. The van der Waals surface area contributed by atoms with E-state index in [1.165, 1.54) is 6.92 Å². The third-order valence-corrected chi connectivity index (χ3v) is 2.81. The molecule has 0 fully saturated rings. The molecular formula is C7H7F2IN2. The van der Waals surface area contributed by atoms with Gasteiger partial charge in [-0.3, -0.25) is 0 Å². The lowest BCUT2D eigenvalue weighted by molar-refractivity contribution is 0.474. The van der Waals surface area contributed by atoms with Crippen LogP contribution in [0.1, 0.15) is 5.56 Å². The molecule has 1 aromatic heterocycles. The molecule has 0 unspecified atom stereocenters. The standard InChI is InChI=1S/C7H7F2IN2/c1-3-4(8)6(9)12-7(11-2)5(3)10/h1-2H3,(H,11,12). The summed E-state index contributed by atoms with van der Waals surface area (Å²) in [6.45, 7) is 1.52. The van der Waals surface area contributed by atoms with E-state index in [1.807, 2.05) is 22.6 Å². The van der Waals surface area contributed by atoms with Crippen LogP contribution >= 0.6 is 22.6 Å². The van der Waals surface area contributed by atoms with E-state index in [0.29, 0.717) is 9.39 Å². The molecule has 0 aliphatic carbocycles. The van der Waals surface area contributed by atoms with Crippen molar-refractivity contribution < 1.29 is 8.78 Å². The van der Waals surface area contributed by atoms with Crippen molar-refractivity contribution in [3.8, 4) is 0 Å². The Hall–Kier alpha value is -0.460. The number of anilines is 1. The smallest absolute Gasteiger partial charge is 0.251 e. The van der Waals surface area contributed by atoms with Gasteiger partial charge in [-0.05, 0) is 29.5 Å². The average molecular weight is 284 g/mol. The van der Waals surface area contributed by atoms with Crippen molar-refractivity contribution >= 4 is 28.4 Å². The van der Waals surface area contributed by atoms with E-state index >= 15 is 0 Å². The first-order valence-corrected chi connectivity index (χ1v) is 4.34. The minimum atomic E-state index is -1.06. The lowest BCUT2D eigenvalue weighted by atomic mass is 10.3. The number of hydrogen-bond acceptors (Lipinski definition) is 2. The van der Waals surface area contributed by atoms with Crippen molar-refractivity contribution in [2.24, 2.45) is 0 Å². The van der Waals surface area contributed by atoms with Crippen molar-refractivity contribution in [1.82, 2.24) is 4.98 Å². The van der Waals surface area contributed by atoms with Gasteiger partial charge in [-0.1, -0.05) is 0 Å². The second-order valence-corrected chi connectivity index (χ2v) is 3.33. The molecule has 0 saturated carbocycles. The maximum absolute atomic E-state index is 12.8. The molecule has 0 atom stereocenters. The van der Waals surface area contributed by atoms with Gasteiger partial charge in [0.1, 0.15) is 5.82 Å². The van der Waals surface area contributed by atoms with Crippen molar-refractivity contribution in [2.45, 2.75) is 6.92 Å². The fraction of sp³-hybridized carbons (Fsp3) is 0.286. The zero-order valence-electron chi connectivity index (χ0n) is 6.58. The predicted molar refractivity (Wildman–Crippen MR) is 51.2 cm³/mol. The van der Waals surface area contributed by atoms with Crippen LogP contribution < -0.4 is 5.32 Å². The van der Waals surface area contributed by atoms with Crippen molar-refractivity contribution in [1.29, 1.82) is 0 Å². The number of rotatable bonds is 1. The number of nitrogens with one attached hydrogen (secondary N) is 1. The van der Waals surface area contributed by atoms with E-state index in [0.717, 1.165) is 0 Å². The first-order chi connectivity index (χ1) is 5.57. The van der Waals surface area contributed by atoms with Gasteiger partial charge in [0.2, 0.25) is 0 Å². The third-order valence-electron chi connectivity index (χ3n) is 1.49. The molecule has 1 N–H and O–H groups in total. The van der Waals surface area contributed by atoms with Gasteiger partial charge < -0.3 is 5.32 Å². The minimum Gasteiger partial charge on any atom is -0.372 e. The Morgan fingerprint density at radius 2 is 2.00 bits per heavy atom. The van der Waals surface area contributed by atoms with Crippen LogP contribution in [0.5, 0.6) is 0 Å². The summed E-state index contributed by atoms with van der Waals surface area (Å²) < 4.78 is 26.1. The van der Waals surface area contributed by atoms with Gasteiger partial charge in [-0.25, -0.2) is 4.39 Å². The second kappa shape index (κ2) is 3.51. The molecule has 0 radical (unpaired) electrons. The minimum absolute atomic E-state index is 0.285. The molecule has 2 nitrogen and oxygen atoms in total. The molecule has 1 heterocycles. The van der Waals surface area contributed by atoms with Crippen molar-refractivity contribution in [3.05, 3.63) is 20.9 Å². The van der Waals surface area contributed by atoms with Crippen LogP contribution in [0.25, 0.3) is 0 Å². The molecule has 0 amide bonds. The Kier molecular flexibility index (Phi) is 2.81. The van der Waals surface area contributed by atoms with E-state index in [4.69, 9.17) is 0 Å². The summed E-state index contributed by atoms with van der Waals surface area (Å²) >= 11 is 1.92. The van der Waals surface area contributed by atoms with Gasteiger partial charge in [0.25, 0.3) is 5.95 Å². The summed E-state index contributed by atoms with van der Waals surface area (Å²) in [7, 11) is 1.61. The average Bonchev–Trinajstić information content (AvgIpc) is 2.08. The number of pyridine rings is 1. The second-order valence-electron chi connectivity index (χ2n) is 2.25. The molecule has 0 bridgehead atoms. The van der Waals surface area contributed by atoms with Crippen LogP contribution in [0.4, 0.5) is 14.6 Å². The highest BCUT2D eigenvalue weighted by Crippen LogP contribution is 2.22. The molecule has 0 saturated heterocycles. The zero-order chi connectivity index (χ0) is 9.30. The molecule has 0 aliphatic heterocycles. The maximum Gasteiger partial charge on any atom is 0.251 e. The van der Waals surface area contributed by atoms with E-state index in [2.05, 4.69) is 10.3 Å². The van der Waals surface area contributed by atoms with Crippen LogP contribution in [-0.2, 0) is 0 Å². The van der Waals surface area contributed by atoms with Crippen LogP contribution in [0.2, 0.25) is 0 Å². The third kappa shape index (κ3) is 1.50. The van der Waals surface area contributed by atoms with Crippen molar-refractivity contribution in [2.75, 3.05) is 12.4 Å². The molecule has 0 spiro atoms. The molecule has 5 heteroatoms. The predicted octanol–water partition coefficient (Wildman–Crippen LogP) is 2.31. The Balaban J connectivity index is 3.39. The monoisotopic (exact) mass is 284 g/mol. The lowest BCUT2D eigenvalue weighted by Crippen LogP contribution is -2.03. The van der Waals surface area contributed by atoms with Crippen LogP contribution in [0, 0.1) is 22.3 Å². The summed E-state index contributed by atoms with van der Waals surface area (Å²) in [5.74, 6) is -1.57. The highest BCUT2D eigenvalue weighted by atomic mass is 127.